The van der Waals surface area contributed by atoms with Crippen LogP contribution in [0.1, 0.15) is 5.56 Å². The lowest BCUT2D eigenvalue weighted by Crippen LogP contribution is -2.44. The van der Waals surface area contributed by atoms with Gasteiger partial charge in [0.15, 0.2) is 5.96 Å². The maximum Gasteiger partial charge on any atom is 0.191 e. The molecule has 0 saturated carbocycles. The summed E-state index contributed by atoms with van der Waals surface area (Å²) in [5.41, 5.74) is 7.21. The van der Waals surface area contributed by atoms with Crippen molar-refractivity contribution in [1.82, 2.24) is 4.90 Å². The van der Waals surface area contributed by atoms with E-state index >= 15 is 0 Å². The van der Waals surface area contributed by atoms with Crippen molar-refractivity contribution in [2.24, 2.45) is 10.7 Å². The molecule has 1 saturated heterocycles. The van der Waals surface area contributed by atoms with Gasteiger partial charge in [0.1, 0.15) is 0 Å². The minimum absolute atomic E-state index is 0. The molecule has 1 fully saturated rings. The number of nitrogens with two attached hydrogens (primary N) is 1. The Bertz CT molecular complexity index is 624. The molecule has 3 rings (SSSR count). The molecule has 21 heavy (non-hydrogen) atoms. The van der Waals surface area contributed by atoms with E-state index in [0.717, 1.165) is 26.3 Å². The predicted octanol–water partition coefficient (Wildman–Crippen LogP) is 2.60. The highest BCUT2D eigenvalue weighted by Crippen LogP contribution is 2.16. The number of aliphatic imine (C=N–C) groups is 1. The van der Waals surface area contributed by atoms with Gasteiger partial charge in [-0.2, -0.15) is 0 Å². The quantitative estimate of drug-likeness (QED) is 0.482. The first-order valence-electron chi connectivity index (χ1n) is 6.93. The molecule has 1 aliphatic rings. The largest absolute Gasteiger partial charge is 0.378 e. The highest BCUT2D eigenvalue weighted by molar-refractivity contribution is 14.0. The summed E-state index contributed by atoms with van der Waals surface area (Å²) >= 11 is 0. The van der Waals surface area contributed by atoms with Crippen LogP contribution in [0.15, 0.2) is 47.5 Å². The van der Waals surface area contributed by atoms with Gasteiger partial charge >= 0.3 is 0 Å². The average Bonchev–Trinajstić information content (AvgIpc) is 2.53. The summed E-state index contributed by atoms with van der Waals surface area (Å²) in [6.07, 6.45) is 0. The first-order chi connectivity index (χ1) is 9.83. The first-order valence-corrected chi connectivity index (χ1v) is 6.93. The number of hydrogen-bond acceptors (Lipinski definition) is 2. The molecule has 0 aliphatic carbocycles. The van der Waals surface area contributed by atoms with Gasteiger partial charge in [0.2, 0.25) is 0 Å². The lowest BCUT2D eigenvalue weighted by Gasteiger charge is -2.27. The fraction of sp³-hybridized carbons (Fsp3) is 0.312. The molecule has 0 unspecified atom stereocenters. The van der Waals surface area contributed by atoms with Gasteiger partial charge in [-0.25, -0.2) is 4.99 Å². The topological polar surface area (TPSA) is 50.8 Å². The van der Waals surface area contributed by atoms with Crippen LogP contribution in [0.4, 0.5) is 0 Å². The van der Waals surface area contributed by atoms with Gasteiger partial charge in [-0.15, -0.1) is 24.0 Å². The zero-order valence-corrected chi connectivity index (χ0v) is 14.2. The summed E-state index contributed by atoms with van der Waals surface area (Å²) in [6.45, 7) is 3.73. The van der Waals surface area contributed by atoms with Gasteiger partial charge in [-0.1, -0.05) is 36.4 Å². The smallest absolute Gasteiger partial charge is 0.191 e. The minimum Gasteiger partial charge on any atom is -0.378 e. The molecule has 1 heterocycles. The van der Waals surface area contributed by atoms with E-state index in [0.29, 0.717) is 12.5 Å². The Labute approximate surface area is 142 Å². The highest BCUT2D eigenvalue weighted by Gasteiger charge is 2.11. The van der Waals surface area contributed by atoms with E-state index in [1.165, 1.54) is 16.3 Å². The monoisotopic (exact) mass is 397 g/mol. The lowest BCUT2D eigenvalue weighted by atomic mass is 10.1. The van der Waals surface area contributed by atoms with E-state index in [4.69, 9.17) is 10.5 Å². The zero-order valence-electron chi connectivity index (χ0n) is 11.9. The number of fused-ring (bicyclic) bond motifs is 1. The number of hydrogen-bond donors (Lipinski definition) is 1. The van der Waals surface area contributed by atoms with Crippen molar-refractivity contribution in [3.8, 4) is 0 Å². The van der Waals surface area contributed by atoms with Gasteiger partial charge < -0.3 is 15.4 Å². The van der Waals surface area contributed by atoms with Gasteiger partial charge in [-0.3, -0.25) is 0 Å². The normalized spacial score (nSPS) is 15.8. The first kappa shape index (κ1) is 16.0. The molecule has 1 aliphatic heterocycles. The number of nitrogens with zero attached hydrogens (tertiary/aromatic N) is 2. The third-order valence-electron chi connectivity index (χ3n) is 3.57. The van der Waals surface area contributed by atoms with Crippen LogP contribution in [-0.4, -0.2) is 37.2 Å². The zero-order chi connectivity index (χ0) is 13.8. The van der Waals surface area contributed by atoms with Gasteiger partial charge in [0, 0.05) is 13.1 Å². The number of ether oxygens (including phenoxy) is 1. The Morgan fingerprint density at radius 1 is 1.10 bits per heavy atom. The van der Waals surface area contributed by atoms with Gasteiger partial charge in [0.05, 0.1) is 19.8 Å². The Hall–Kier alpha value is -1.34. The summed E-state index contributed by atoms with van der Waals surface area (Å²) < 4.78 is 5.31. The predicted molar refractivity (Wildman–Crippen MR) is 97.1 cm³/mol. The summed E-state index contributed by atoms with van der Waals surface area (Å²) in [7, 11) is 0. The Kier molecular flexibility index (Phi) is 5.81. The number of morpholine rings is 1. The molecule has 4 nitrogen and oxygen atoms in total. The van der Waals surface area contributed by atoms with Crippen molar-refractivity contribution in [2.45, 2.75) is 6.54 Å². The summed E-state index contributed by atoms with van der Waals surface area (Å²) in [4.78, 5) is 6.56. The molecule has 0 atom stereocenters. The number of guanidine groups is 1. The fourth-order valence-corrected chi connectivity index (χ4v) is 2.40. The molecule has 112 valence electrons. The van der Waals surface area contributed by atoms with Crippen LogP contribution in [-0.2, 0) is 11.3 Å². The Morgan fingerprint density at radius 2 is 1.81 bits per heavy atom. The molecule has 0 aromatic heterocycles. The highest BCUT2D eigenvalue weighted by atomic mass is 127. The Morgan fingerprint density at radius 3 is 2.57 bits per heavy atom. The third kappa shape index (κ3) is 4.07. The minimum atomic E-state index is 0. The van der Waals surface area contributed by atoms with Crippen molar-refractivity contribution in [2.75, 3.05) is 26.3 Å². The van der Waals surface area contributed by atoms with Crippen LogP contribution in [0.2, 0.25) is 0 Å². The second-order valence-electron chi connectivity index (χ2n) is 4.96. The van der Waals surface area contributed by atoms with E-state index in [-0.39, 0.29) is 24.0 Å². The molecule has 0 spiro atoms. The number of benzene rings is 2. The summed E-state index contributed by atoms with van der Waals surface area (Å²) in [5.74, 6) is 0.612. The van der Waals surface area contributed by atoms with Crippen LogP contribution in [0.3, 0.4) is 0 Å². The number of halogens is 1. The summed E-state index contributed by atoms with van der Waals surface area (Å²) in [5, 5.41) is 2.49. The molecule has 2 aromatic carbocycles. The second-order valence-corrected chi connectivity index (χ2v) is 4.96. The van der Waals surface area contributed by atoms with E-state index < -0.39 is 0 Å². The van der Waals surface area contributed by atoms with Gasteiger partial charge in [-0.05, 0) is 22.4 Å². The molecule has 0 radical (unpaired) electrons. The SMILES string of the molecule is I.NC(=NCc1ccc2ccccc2c1)N1CCOCC1. The lowest BCUT2D eigenvalue weighted by molar-refractivity contribution is 0.0674. The molecular formula is C16H20IN3O. The van der Waals surface area contributed by atoms with Crippen LogP contribution < -0.4 is 5.73 Å². The van der Waals surface area contributed by atoms with E-state index in [9.17, 15) is 0 Å². The van der Waals surface area contributed by atoms with Crippen LogP contribution in [0, 0.1) is 0 Å². The van der Waals surface area contributed by atoms with Crippen LogP contribution in [0.5, 0.6) is 0 Å². The maximum atomic E-state index is 6.03. The summed E-state index contributed by atoms with van der Waals surface area (Å²) in [6, 6.07) is 14.8. The van der Waals surface area contributed by atoms with Crippen molar-refractivity contribution < 1.29 is 4.74 Å². The number of rotatable bonds is 2. The molecule has 2 aromatic rings. The molecule has 2 N–H and O–H groups in total. The van der Waals surface area contributed by atoms with Gasteiger partial charge in [0.25, 0.3) is 0 Å². The molecular weight excluding hydrogens is 377 g/mol. The van der Waals surface area contributed by atoms with Crippen molar-refractivity contribution >= 4 is 40.7 Å². The van der Waals surface area contributed by atoms with Crippen molar-refractivity contribution in [3.05, 3.63) is 48.0 Å². The second kappa shape index (κ2) is 7.61. The average molecular weight is 397 g/mol. The van der Waals surface area contributed by atoms with E-state index in [1.54, 1.807) is 0 Å². The van der Waals surface area contributed by atoms with Crippen molar-refractivity contribution in [3.63, 3.8) is 0 Å². The fourth-order valence-electron chi connectivity index (χ4n) is 2.40. The van der Waals surface area contributed by atoms with E-state index in [2.05, 4.69) is 52.4 Å². The van der Waals surface area contributed by atoms with Crippen molar-refractivity contribution in [1.29, 1.82) is 0 Å². The maximum absolute atomic E-state index is 6.03. The molecule has 0 bridgehead atoms. The standard InChI is InChI=1S/C16H19N3O.HI/c17-16(19-7-9-20-10-8-19)18-12-13-5-6-14-3-1-2-4-15(14)11-13;/h1-6,11H,7-10,12H2,(H2,17,18);1H. The third-order valence-corrected chi connectivity index (χ3v) is 3.57. The van der Waals surface area contributed by atoms with Crippen LogP contribution in [0.25, 0.3) is 10.8 Å². The van der Waals surface area contributed by atoms with E-state index in [1.807, 2.05) is 0 Å². The Balaban J connectivity index is 0.00000161. The van der Waals surface area contributed by atoms with Crippen LogP contribution >= 0.6 is 24.0 Å². The molecule has 0 amide bonds. The molecule has 5 heteroatoms.